The molecule has 1 aliphatic rings. The summed E-state index contributed by atoms with van der Waals surface area (Å²) in [6.07, 6.45) is 7.51. The lowest BCUT2D eigenvalue weighted by atomic mass is 10.0. The van der Waals surface area contributed by atoms with Crippen LogP contribution in [0.25, 0.3) is 0 Å². The second kappa shape index (κ2) is 3.11. The highest BCUT2D eigenvalue weighted by Crippen LogP contribution is 2.39. The van der Waals surface area contributed by atoms with Gasteiger partial charge >= 0.3 is 0 Å². The average molecular weight is 177 g/mol. The van der Waals surface area contributed by atoms with Gasteiger partial charge in [-0.05, 0) is 49.8 Å². The molecule has 1 fully saturated rings. The van der Waals surface area contributed by atoms with Crippen molar-refractivity contribution in [1.29, 1.82) is 0 Å². The molecule has 70 valence electrons. The summed E-state index contributed by atoms with van der Waals surface area (Å²) in [5.74, 6) is 0. The van der Waals surface area contributed by atoms with Gasteiger partial charge in [0.1, 0.15) is 0 Å². The number of rotatable bonds is 3. The van der Waals surface area contributed by atoms with Crippen LogP contribution in [-0.2, 0) is 6.42 Å². The summed E-state index contributed by atoms with van der Waals surface area (Å²) in [6, 6.07) is 2.02. The normalized spacial score (nSPS) is 18.6. The van der Waals surface area contributed by atoms with Crippen molar-refractivity contribution in [2.24, 2.45) is 0 Å². The SMILES string of the molecule is Cc1ccncc1CCC1(O)CC1. The summed E-state index contributed by atoms with van der Waals surface area (Å²) in [4.78, 5) is 4.08. The van der Waals surface area contributed by atoms with Crippen molar-refractivity contribution in [2.75, 3.05) is 0 Å². The third-order valence-electron chi connectivity index (χ3n) is 2.83. The Morgan fingerprint density at radius 3 is 2.92 bits per heavy atom. The van der Waals surface area contributed by atoms with Crippen molar-refractivity contribution in [3.05, 3.63) is 29.6 Å². The molecular formula is C11H15NO. The molecule has 13 heavy (non-hydrogen) atoms. The zero-order chi connectivity index (χ0) is 9.31. The van der Waals surface area contributed by atoms with Crippen LogP contribution < -0.4 is 0 Å². The highest BCUT2D eigenvalue weighted by Gasteiger charge is 2.39. The fourth-order valence-corrected chi connectivity index (χ4v) is 1.52. The Balaban J connectivity index is 1.97. The Hall–Kier alpha value is -0.890. The largest absolute Gasteiger partial charge is 0.390 e. The minimum absolute atomic E-state index is 0.331. The Morgan fingerprint density at radius 1 is 1.54 bits per heavy atom. The van der Waals surface area contributed by atoms with E-state index < -0.39 is 0 Å². The molecule has 1 heterocycles. The van der Waals surface area contributed by atoms with Crippen LogP contribution in [0, 0.1) is 6.92 Å². The lowest BCUT2D eigenvalue weighted by Crippen LogP contribution is -2.08. The Bertz CT molecular complexity index is 305. The molecule has 2 heteroatoms. The summed E-state index contributed by atoms with van der Waals surface area (Å²) in [5.41, 5.74) is 2.21. The predicted molar refractivity (Wildman–Crippen MR) is 51.5 cm³/mol. The minimum Gasteiger partial charge on any atom is -0.390 e. The van der Waals surface area contributed by atoms with Crippen LogP contribution in [-0.4, -0.2) is 15.7 Å². The number of aromatic nitrogens is 1. The quantitative estimate of drug-likeness (QED) is 0.764. The lowest BCUT2D eigenvalue weighted by molar-refractivity contribution is 0.140. The molecule has 1 saturated carbocycles. The van der Waals surface area contributed by atoms with Crippen LogP contribution in [0.3, 0.4) is 0 Å². The van der Waals surface area contributed by atoms with Crippen molar-refractivity contribution in [1.82, 2.24) is 4.98 Å². The Morgan fingerprint density at radius 2 is 2.31 bits per heavy atom. The maximum atomic E-state index is 9.66. The second-order valence-electron chi connectivity index (χ2n) is 4.03. The molecule has 0 amide bonds. The van der Waals surface area contributed by atoms with Crippen molar-refractivity contribution in [3.8, 4) is 0 Å². The van der Waals surface area contributed by atoms with Gasteiger partial charge in [-0.3, -0.25) is 4.98 Å². The average Bonchev–Trinajstić information content (AvgIpc) is 2.83. The van der Waals surface area contributed by atoms with Gasteiger partial charge in [-0.2, -0.15) is 0 Å². The molecule has 0 atom stereocenters. The highest BCUT2D eigenvalue weighted by molar-refractivity contribution is 5.22. The van der Waals surface area contributed by atoms with E-state index in [-0.39, 0.29) is 5.60 Å². The summed E-state index contributed by atoms with van der Waals surface area (Å²) in [5, 5.41) is 9.66. The van der Waals surface area contributed by atoms with Crippen LogP contribution >= 0.6 is 0 Å². The standard InChI is InChI=1S/C11H15NO/c1-9-3-7-12-8-10(9)2-4-11(13)5-6-11/h3,7-8,13H,2,4-6H2,1H3. The van der Waals surface area contributed by atoms with Gasteiger partial charge in [0.25, 0.3) is 0 Å². The smallest absolute Gasteiger partial charge is 0.0653 e. The third kappa shape index (κ3) is 2.07. The fourth-order valence-electron chi connectivity index (χ4n) is 1.52. The van der Waals surface area contributed by atoms with Gasteiger partial charge in [0.2, 0.25) is 0 Å². The number of nitrogens with zero attached hydrogens (tertiary/aromatic N) is 1. The number of pyridine rings is 1. The van der Waals surface area contributed by atoms with Crippen molar-refractivity contribution < 1.29 is 5.11 Å². The predicted octanol–water partition coefficient (Wildman–Crippen LogP) is 1.85. The first-order chi connectivity index (χ1) is 6.20. The second-order valence-corrected chi connectivity index (χ2v) is 4.03. The molecule has 2 rings (SSSR count). The number of aliphatic hydroxyl groups is 1. The first-order valence-corrected chi connectivity index (χ1v) is 4.81. The highest BCUT2D eigenvalue weighted by atomic mass is 16.3. The van der Waals surface area contributed by atoms with Crippen LogP contribution in [0.4, 0.5) is 0 Å². The molecule has 0 aromatic carbocycles. The molecule has 1 aliphatic carbocycles. The van der Waals surface area contributed by atoms with Crippen molar-refractivity contribution in [2.45, 2.75) is 38.2 Å². The lowest BCUT2D eigenvalue weighted by Gasteiger charge is -2.08. The van der Waals surface area contributed by atoms with Crippen LogP contribution in [0.1, 0.15) is 30.4 Å². The van der Waals surface area contributed by atoms with Gasteiger partial charge in [-0.25, -0.2) is 0 Å². The summed E-state index contributed by atoms with van der Waals surface area (Å²) in [7, 11) is 0. The van der Waals surface area contributed by atoms with Crippen LogP contribution in [0.5, 0.6) is 0 Å². The molecule has 0 saturated heterocycles. The molecule has 1 aromatic heterocycles. The summed E-state index contributed by atoms with van der Waals surface area (Å²) in [6.45, 7) is 2.09. The third-order valence-corrected chi connectivity index (χ3v) is 2.83. The van der Waals surface area contributed by atoms with E-state index in [0.717, 1.165) is 25.7 Å². The maximum Gasteiger partial charge on any atom is 0.0653 e. The zero-order valence-corrected chi connectivity index (χ0v) is 7.95. The van der Waals surface area contributed by atoms with E-state index in [0.29, 0.717) is 0 Å². The Kier molecular flexibility index (Phi) is 2.08. The van der Waals surface area contributed by atoms with Crippen LogP contribution in [0.2, 0.25) is 0 Å². The first kappa shape index (κ1) is 8.70. The van der Waals surface area contributed by atoms with Gasteiger partial charge in [0.05, 0.1) is 5.60 Å². The van der Waals surface area contributed by atoms with E-state index in [1.165, 1.54) is 11.1 Å². The van der Waals surface area contributed by atoms with E-state index >= 15 is 0 Å². The topological polar surface area (TPSA) is 33.1 Å². The molecule has 1 N–H and O–H groups in total. The monoisotopic (exact) mass is 177 g/mol. The number of hydrogen-bond donors (Lipinski definition) is 1. The molecule has 0 radical (unpaired) electrons. The number of aryl methyl sites for hydroxylation is 2. The van der Waals surface area contributed by atoms with Gasteiger partial charge in [0, 0.05) is 12.4 Å². The molecule has 0 unspecified atom stereocenters. The molecule has 2 nitrogen and oxygen atoms in total. The molecule has 0 spiro atoms. The molecular weight excluding hydrogens is 162 g/mol. The van der Waals surface area contributed by atoms with E-state index in [9.17, 15) is 5.11 Å². The van der Waals surface area contributed by atoms with Gasteiger partial charge in [0.15, 0.2) is 0 Å². The maximum absolute atomic E-state index is 9.66. The van der Waals surface area contributed by atoms with Crippen molar-refractivity contribution >= 4 is 0 Å². The van der Waals surface area contributed by atoms with E-state index in [2.05, 4.69) is 11.9 Å². The first-order valence-electron chi connectivity index (χ1n) is 4.81. The van der Waals surface area contributed by atoms with Gasteiger partial charge < -0.3 is 5.11 Å². The van der Waals surface area contributed by atoms with E-state index in [4.69, 9.17) is 0 Å². The summed E-state index contributed by atoms with van der Waals surface area (Å²) >= 11 is 0. The summed E-state index contributed by atoms with van der Waals surface area (Å²) < 4.78 is 0. The van der Waals surface area contributed by atoms with Crippen LogP contribution in [0.15, 0.2) is 18.5 Å². The zero-order valence-electron chi connectivity index (χ0n) is 7.95. The van der Waals surface area contributed by atoms with Gasteiger partial charge in [-0.1, -0.05) is 0 Å². The molecule has 1 aromatic rings. The molecule has 0 bridgehead atoms. The molecule has 0 aliphatic heterocycles. The van der Waals surface area contributed by atoms with E-state index in [1.807, 2.05) is 18.5 Å². The van der Waals surface area contributed by atoms with E-state index in [1.54, 1.807) is 0 Å². The Labute approximate surface area is 78.6 Å². The number of hydrogen-bond acceptors (Lipinski definition) is 2. The minimum atomic E-state index is -0.331. The van der Waals surface area contributed by atoms with Crippen molar-refractivity contribution in [3.63, 3.8) is 0 Å². The fraction of sp³-hybridized carbons (Fsp3) is 0.545. The van der Waals surface area contributed by atoms with Gasteiger partial charge in [-0.15, -0.1) is 0 Å².